The first-order chi connectivity index (χ1) is 14.0. The average Bonchev–Trinajstić information content (AvgIpc) is 3.01. The van der Waals surface area contributed by atoms with Gasteiger partial charge in [-0.3, -0.25) is 14.6 Å². The van der Waals surface area contributed by atoms with Crippen LogP contribution in [0.1, 0.15) is 37.1 Å². The lowest BCUT2D eigenvalue weighted by Crippen LogP contribution is -2.31. The van der Waals surface area contributed by atoms with Crippen molar-refractivity contribution in [2.24, 2.45) is 0 Å². The second kappa shape index (κ2) is 8.77. The second-order valence-electron chi connectivity index (χ2n) is 6.67. The highest BCUT2D eigenvalue weighted by molar-refractivity contribution is 6.46. The van der Waals surface area contributed by atoms with Gasteiger partial charge in [0, 0.05) is 18.3 Å². The van der Waals surface area contributed by atoms with Crippen LogP contribution in [-0.2, 0) is 9.59 Å². The van der Waals surface area contributed by atoms with Gasteiger partial charge in [0.15, 0.2) is 11.5 Å². The van der Waals surface area contributed by atoms with E-state index in [-0.39, 0.29) is 11.3 Å². The molecular formula is C22H24N2O5. The molecule has 1 saturated heterocycles. The van der Waals surface area contributed by atoms with Gasteiger partial charge in [-0.05, 0) is 36.8 Å². The second-order valence-corrected chi connectivity index (χ2v) is 6.67. The first-order valence-electron chi connectivity index (χ1n) is 9.45. The summed E-state index contributed by atoms with van der Waals surface area (Å²) < 4.78 is 10.5. The van der Waals surface area contributed by atoms with Crippen molar-refractivity contribution in [1.29, 1.82) is 0 Å². The number of aliphatic hydroxyl groups is 1. The number of hydrogen-bond acceptors (Lipinski definition) is 6. The molecular weight excluding hydrogens is 372 g/mol. The monoisotopic (exact) mass is 396 g/mol. The van der Waals surface area contributed by atoms with Crippen molar-refractivity contribution in [1.82, 2.24) is 9.88 Å². The SMILES string of the molecule is CCCCN1C(=O)C(=O)/C(=C(\O)c2ccc(OC)c(OC)c2)C1c1ccccn1. The third kappa shape index (κ3) is 3.81. The van der Waals surface area contributed by atoms with Crippen molar-refractivity contribution >= 4 is 17.4 Å². The first-order valence-corrected chi connectivity index (χ1v) is 9.45. The van der Waals surface area contributed by atoms with E-state index >= 15 is 0 Å². The topological polar surface area (TPSA) is 89.0 Å². The van der Waals surface area contributed by atoms with E-state index in [1.54, 1.807) is 42.6 Å². The number of ether oxygens (including phenoxy) is 2. The van der Waals surface area contributed by atoms with Crippen molar-refractivity contribution < 1.29 is 24.2 Å². The number of Topliss-reactive ketones (excluding diaryl/α,β-unsaturated/α-hetero) is 1. The highest BCUT2D eigenvalue weighted by Gasteiger charge is 2.46. The summed E-state index contributed by atoms with van der Waals surface area (Å²) in [6, 6.07) is 9.38. The number of unbranched alkanes of at least 4 members (excludes halogenated alkanes) is 1. The summed E-state index contributed by atoms with van der Waals surface area (Å²) in [6.07, 6.45) is 3.21. The van der Waals surface area contributed by atoms with E-state index in [4.69, 9.17) is 9.47 Å². The molecule has 0 aliphatic carbocycles. The third-order valence-corrected chi connectivity index (χ3v) is 4.92. The number of ketones is 1. The van der Waals surface area contributed by atoms with Gasteiger partial charge in [-0.15, -0.1) is 0 Å². The minimum Gasteiger partial charge on any atom is -0.507 e. The van der Waals surface area contributed by atoms with Crippen LogP contribution in [0.4, 0.5) is 0 Å². The summed E-state index contributed by atoms with van der Waals surface area (Å²) in [4.78, 5) is 31.4. The molecule has 29 heavy (non-hydrogen) atoms. The average molecular weight is 396 g/mol. The van der Waals surface area contributed by atoms with Gasteiger partial charge in [0.1, 0.15) is 11.8 Å². The van der Waals surface area contributed by atoms with E-state index in [2.05, 4.69) is 4.98 Å². The number of carbonyl (C=O) groups is 2. The lowest BCUT2D eigenvalue weighted by atomic mass is 9.98. The van der Waals surface area contributed by atoms with Crippen LogP contribution in [0.3, 0.4) is 0 Å². The molecule has 0 bridgehead atoms. The number of methoxy groups -OCH3 is 2. The highest BCUT2D eigenvalue weighted by atomic mass is 16.5. The van der Waals surface area contributed by atoms with E-state index in [0.717, 1.165) is 12.8 Å². The molecule has 7 heteroatoms. The van der Waals surface area contributed by atoms with Gasteiger partial charge in [0.25, 0.3) is 11.7 Å². The number of aromatic nitrogens is 1. The molecule has 0 saturated carbocycles. The minimum atomic E-state index is -0.740. The number of rotatable bonds is 7. The molecule has 1 amide bonds. The molecule has 1 unspecified atom stereocenters. The Hall–Kier alpha value is -3.35. The summed E-state index contributed by atoms with van der Waals surface area (Å²) in [5.41, 5.74) is 0.916. The van der Waals surface area contributed by atoms with E-state index in [0.29, 0.717) is 29.3 Å². The number of carbonyl (C=O) groups excluding carboxylic acids is 2. The van der Waals surface area contributed by atoms with Crippen LogP contribution in [0.5, 0.6) is 11.5 Å². The van der Waals surface area contributed by atoms with Gasteiger partial charge in [-0.25, -0.2) is 0 Å². The molecule has 1 N–H and O–H groups in total. The van der Waals surface area contributed by atoms with Gasteiger partial charge < -0.3 is 19.5 Å². The van der Waals surface area contributed by atoms with Crippen molar-refractivity contribution in [3.05, 3.63) is 59.4 Å². The Morgan fingerprint density at radius 3 is 2.52 bits per heavy atom. The quantitative estimate of drug-likeness (QED) is 0.439. The van der Waals surface area contributed by atoms with E-state index in [1.807, 2.05) is 6.92 Å². The minimum absolute atomic E-state index is 0.0250. The first kappa shape index (κ1) is 20.4. The molecule has 0 spiro atoms. The van der Waals surface area contributed by atoms with E-state index in [1.165, 1.54) is 19.1 Å². The fourth-order valence-electron chi connectivity index (χ4n) is 3.42. The molecule has 1 aromatic carbocycles. The Morgan fingerprint density at radius 1 is 1.14 bits per heavy atom. The Labute approximate surface area is 169 Å². The molecule has 7 nitrogen and oxygen atoms in total. The highest BCUT2D eigenvalue weighted by Crippen LogP contribution is 2.40. The lowest BCUT2D eigenvalue weighted by molar-refractivity contribution is -0.140. The molecule has 1 aliphatic heterocycles. The number of benzene rings is 1. The maximum atomic E-state index is 12.9. The maximum Gasteiger partial charge on any atom is 0.295 e. The molecule has 0 radical (unpaired) electrons. The predicted octanol–water partition coefficient (Wildman–Crippen LogP) is 3.32. The summed E-state index contributed by atoms with van der Waals surface area (Å²) in [6.45, 7) is 2.42. The molecule has 2 heterocycles. The van der Waals surface area contributed by atoms with Gasteiger partial charge in [0.2, 0.25) is 0 Å². The molecule has 1 aromatic heterocycles. The number of hydrogen-bond donors (Lipinski definition) is 1. The lowest BCUT2D eigenvalue weighted by Gasteiger charge is -2.24. The summed E-state index contributed by atoms with van der Waals surface area (Å²) in [5.74, 6) is -0.709. The van der Waals surface area contributed by atoms with Crippen molar-refractivity contribution in [2.75, 3.05) is 20.8 Å². The Bertz CT molecular complexity index is 939. The molecule has 1 aliphatic rings. The standard InChI is InChI=1S/C22H24N2O5/c1-4-5-12-24-19(15-8-6-7-11-23-15)18(21(26)22(24)27)20(25)14-9-10-16(28-2)17(13-14)29-3/h6-11,13,19,25H,4-5,12H2,1-3H3/b20-18-. The maximum absolute atomic E-state index is 12.9. The number of pyridine rings is 1. The van der Waals surface area contributed by atoms with Crippen LogP contribution in [0.25, 0.3) is 5.76 Å². The largest absolute Gasteiger partial charge is 0.507 e. The van der Waals surface area contributed by atoms with Gasteiger partial charge in [-0.1, -0.05) is 19.4 Å². The fraction of sp³-hybridized carbons (Fsp3) is 0.318. The van der Waals surface area contributed by atoms with Crippen molar-refractivity contribution in [2.45, 2.75) is 25.8 Å². The normalized spacial score (nSPS) is 18.2. The molecule has 2 aromatic rings. The zero-order chi connectivity index (χ0) is 21.0. The van der Waals surface area contributed by atoms with E-state index in [9.17, 15) is 14.7 Å². The van der Waals surface area contributed by atoms with Crippen LogP contribution in [0.15, 0.2) is 48.2 Å². The number of nitrogens with zero attached hydrogens (tertiary/aromatic N) is 2. The van der Waals surface area contributed by atoms with Gasteiger partial charge in [-0.2, -0.15) is 0 Å². The van der Waals surface area contributed by atoms with Crippen molar-refractivity contribution in [3.8, 4) is 11.5 Å². The zero-order valence-electron chi connectivity index (χ0n) is 16.7. The number of aliphatic hydroxyl groups excluding tert-OH is 1. The van der Waals surface area contributed by atoms with Gasteiger partial charge >= 0.3 is 0 Å². The third-order valence-electron chi connectivity index (χ3n) is 4.92. The van der Waals surface area contributed by atoms with Crippen LogP contribution in [-0.4, -0.2) is 47.4 Å². The smallest absolute Gasteiger partial charge is 0.295 e. The summed E-state index contributed by atoms with van der Waals surface area (Å²) in [5, 5.41) is 11.0. The Balaban J connectivity index is 2.15. The number of amides is 1. The number of likely N-dealkylation sites (tertiary alicyclic amines) is 1. The summed E-state index contributed by atoms with van der Waals surface area (Å²) in [7, 11) is 3.00. The fourth-order valence-corrected chi connectivity index (χ4v) is 3.42. The van der Waals surface area contributed by atoms with Gasteiger partial charge in [0.05, 0.1) is 25.5 Å². The van der Waals surface area contributed by atoms with Crippen LogP contribution >= 0.6 is 0 Å². The Morgan fingerprint density at radius 2 is 1.90 bits per heavy atom. The Kier molecular flexibility index (Phi) is 6.16. The molecule has 3 rings (SSSR count). The predicted molar refractivity (Wildman–Crippen MR) is 108 cm³/mol. The summed E-state index contributed by atoms with van der Waals surface area (Å²) >= 11 is 0. The molecule has 1 atom stereocenters. The molecule has 1 fully saturated rings. The van der Waals surface area contributed by atoms with Crippen LogP contribution < -0.4 is 9.47 Å². The zero-order valence-corrected chi connectivity index (χ0v) is 16.7. The van der Waals surface area contributed by atoms with Crippen molar-refractivity contribution in [3.63, 3.8) is 0 Å². The van der Waals surface area contributed by atoms with Crippen LogP contribution in [0.2, 0.25) is 0 Å². The van der Waals surface area contributed by atoms with Crippen LogP contribution in [0, 0.1) is 0 Å². The van der Waals surface area contributed by atoms with E-state index < -0.39 is 17.7 Å². The molecule has 152 valence electrons.